The molecule has 0 unspecified atom stereocenters. The molecule has 0 amide bonds. The van der Waals surface area contributed by atoms with Crippen molar-refractivity contribution < 1.29 is 0 Å². The van der Waals surface area contributed by atoms with Crippen LogP contribution in [0.15, 0.2) is 158 Å². The van der Waals surface area contributed by atoms with E-state index >= 15 is 0 Å². The molecule has 0 bridgehead atoms. The van der Waals surface area contributed by atoms with Crippen molar-refractivity contribution in [3.8, 4) is 44.5 Å². The average molecular weight is 555 g/mol. The molecule has 10 rings (SSSR count). The number of hydrogen-bond acceptors (Lipinski definition) is 0. The lowest BCUT2D eigenvalue weighted by atomic mass is 9.88. The van der Waals surface area contributed by atoms with Crippen molar-refractivity contribution in [3.63, 3.8) is 0 Å². The van der Waals surface area contributed by atoms with Gasteiger partial charge in [-0.2, -0.15) is 0 Å². The molecule has 0 heteroatoms. The maximum absolute atomic E-state index is 2.44. The van der Waals surface area contributed by atoms with Crippen LogP contribution in [-0.2, 0) is 0 Å². The smallest absolute Gasteiger partial charge is 0.00201 e. The van der Waals surface area contributed by atoms with E-state index in [2.05, 4.69) is 158 Å². The third kappa shape index (κ3) is 3.23. The Morgan fingerprint density at radius 1 is 0.250 bits per heavy atom. The van der Waals surface area contributed by atoms with Crippen molar-refractivity contribution in [1.29, 1.82) is 0 Å². The summed E-state index contributed by atoms with van der Waals surface area (Å²) in [5, 5.41) is 13.0. The van der Waals surface area contributed by atoms with E-state index in [1.807, 2.05) is 0 Å². The van der Waals surface area contributed by atoms with Crippen LogP contribution in [0.25, 0.3) is 98.4 Å². The summed E-state index contributed by atoms with van der Waals surface area (Å²) < 4.78 is 0. The normalized spacial score (nSPS) is 12.1. The predicted octanol–water partition coefficient (Wildman–Crippen LogP) is 12.4. The van der Waals surface area contributed by atoms with Crippen LogP contribution < -0.4 is 0 Å². The number of rotatable bonds is 2. The summed E-state index contributed by atoms with van der Waals surface area (Å²) in [5.74, 6) is 0. The molecule has 0 saturated carbocycles. The quantitative estimate of drug-likeness (QED) is 0.186. The first-order valence-corrected chi connectivity index (χ1v) is 15.4. The predicted molar refractivity (Wildman–Crippen MR) is 189 cm³/mol. The Bertz CT molecular complexity index is 2550. The van der Waals surface area contributed by atoms with E-state index in [-0.39, 0.29) is 0 Å². The fourth-order valence-corrected chi connectivity index (χ4v) is 7.86. The molecular formula is C44H26. The van der Waals surface area contributed by atoms with E-state index in [4.69, 9.17) is 0 Å². The average Bonchev–Trinajstić information content (AvgIpc) is 3.40. The molecule has 0 heterocycles. The van der Waals surface area contributed by atoms with Gasteiger partial charge in [0.2, 0.25) is 0 Å². The highest BCUT2D eigenvalue weighted by atomic mass is 14.3. The van der Waals surface area contributed by atoms with Crippen molar-refractivity contribution in [2.24, 2.45) is 0 Å². The van der Waals surface area contributed by atoms with Crippen LogP contribution in [0, 0.1) is 0 Å². The molecule has 1 aliphatic carbocycles. The van der Waals surface area contributed by atoms with Gasteiger partial charge in [-0.1, -0.05) is 140 Å². The van der Waals surface area contributed by atoms with Gasteiger partial charge in [-0.15, -0.1) is 0 Å². The Hall–Kier alpha value is -5.72. The molecule has 0 N–H and O–H groups in total. The molecule has 0 radical (unpaired) electrons. The van der Waals surface area contributed by atoms with Gasteiger partial charge in [-0.25, -0.2) is 0 Å². The largest absolute Gasteiger partial charge is 0.0616 e. The standard InChI is InChI=1S/C44H26/c1-5-14-32-27(10-1)24-28-11-2-6-15-33(28)42(32)31-20-21-36-39-22-23-40(37-18-9-19-38(44(37)39)41(36)26-31)43-34-16-7-3-12-29(34)25-30-13-4-8-17-35(30)43/h1-26H. The highest BCUT2D eigenvalue weighted by Gasteiger charge is 2.25. The molecule has 1 aliphatic rings. The highest BCUT2D eigenvalue weighted by Crippen LogP contribution is 2.52. The van der Waals surface area contributed by atoms with E-state index in [0.717, 1.165) is 0 Å². The molecule has 0 saturated heterocycles. The van der Waals surface area contributed by atoms with Crippen LogP contribution in [0.4, 0.5) is 0 Å². The minimum atomic E-state index is 1.27. The third-order valence-electron chi connectivity index (χ3n) is 9.74. The molecule has 0 spiro atoms. The summed E-state index contributed by atoms with van der Waals surface area (Å²) in [6, 6.07) is 58.5. The van der Waals surface area contributed by atoms with Crippen LogP contribution in [0.1, 0.15) is 0 Å². The summed E-state index contributed by atoms with van der Waals surface area (Å²) in [4.78, 5) is 0. The number of hydrogen-bond donors (Lipinski definition) is 0. The molecule has 0 atom stereocenters. The summed E-state index contributed by atoms with van der Waals surface area (Å²) in [6.07, 6.45) is 0. The van der Waals surface area contributed by atoms with Gasteiger partial charge in [-0.05, 0) is 117 Å². The molecule has 9 aromatic carbocycles. The zero-order chi connectivity index (χ0) is 28.8. The molecule has 0 aliphatic heterocycles. The summed E-state index contributed by atoms with van der Waals surface area (Å²) in [7, 11) is 0. The van der Waals surface area contributed by atoms with Crippen LogP contribution in [0.5, 0.6) is 0 Å². The minimum absolute atomic E-state index is 1.27. The molecule has 0 fully saturated rings. The van der Waals surface area contributed by atoms with Crippen LogP contribution >= 0.6 is 0 Å². The van der Waals surface area contributed by atoms with Gasteiger partial charge in [-0.3, -0.25) is 0 Å². The Labute approximate surface area is 255 Å². The second-order valence-electron chi connectivity index (χ2n) is 12.0. The maximum Gasteiger partial charge on any atom is -0.00201 e. The first-order valence-electron chi connectivity index (χ1n) is 15.4. The summed E-state index contributed by atoms with van der Waals surface area (Å²) in [5.41, 5.74) is 10.5. The third-order valence-corrected chi connectivity index (χ3v) is 9.74. The second-order valence-corrected chi connectivity index (χ2v) is 12.0. The second kappa shape index (κ2) is 8.89. The maximum atomic E-state index is 2.44. The zero-order valence-electron chi connectivity index (χ0n) is 24.0. The fraction of sp³-hybridized carbons (Fsp3) is 0. The Morgan fingerprint density at radius 2 is 0.705 bits per heavy atom. The molecule has 44 heavy (non-hydrogen) atoms. The van der Waals surface area contributed by atoms with Gasteiger partial charge in [0.25, 0.3) is 0 Å². The highest BCUT2D eigenvalue weighted by molar-refractivity contribution is 6.24. The molecule has 0 aromatic heterocycles. The van der Waals surface area contributed by atoms with E-state index < -0.39 is 0 Å². The summed E-state index contributed by atoms with van der Waals surface area (Å²) >= 11 is 0. The number of fused-ring (bicyclic) bond motifs is 7. The lowest BCUT2D eigenvalue weighted by Gasteiger charge is -2.15. The van der Waals surface area contributed by atoms with Gasteiger partial charge in [0, 0.05) is 0 Å². The van der Waals surface area contributed by atoms with Crippen molar-refractivity contribution in [2.75, 3.05) is 0 Å². The van der Waals surface area contributed by atoms with Crippen molar-refractivity contribution in [3.05, 3.63) is 158 Å². The van der Waals surface area contributed by atoms with Crippen molar-refractivity contribution in [1.82, 2.24) is 0 Å². The van der Waals surface area contributed by atoms with Gasteiger partial charge in [0.1, 0.15) is 0 Å². The van der Waals surface area contributed by atoms with Crippen molar-refractivity contribution in [2.45, 2.75) is 0 Å². The van der Waals surface area contributed by atoms with E-state index in [1.165, 1.54) is 98.4 Å². The molecular weight excluding hydrogens is 528 g/mol. The van der Waals surface area contributed by atoms with Crippen molar-refractivity contribution >= 4 is 53.9 Å². The minimum Gasteiger partial charge on any atom is -0.0616 e. The van der Waals surface area contributed by atoms with Gasteiger partial charge in [0.05, 0.1) is 0 Å². The van der Waals surface area contributed by atoms with Crippen LogP contribution in [0.3, 0.4) is 0 Å². The van der Waals surface area contributed by atoms with Gasteiger partial charge in [0.15, 0.2) is 0 Å². The van der Waals surface area contributed by atoms with Crippen LogP contribution in [-0.4, -0.2) is 0 Å². The Morgan fingerprint density at radius 3 is 1.30 bits per heavy atom. The Balaban J connectivity index is 1.25. The SMILES string of the molecule is c1ccc2c(-c3ccc4c(c3)-c3cccc5c(-c6c7ccccc7cc7ccccc67)ccc-4c35)c3ccccc3cc2c1. The lowest BCUT2D eigenvalue weighted by Crippen LogP contribution is -1.88. The van der Waals surface area contributed by atoms with E-state index in [0.29, 0.717) is 0 Å². The first-order chi connectivity index (χ1) is 21.8. The van der Waals surface area contributed by atoms with Crippen LogP contribution in [0.2, 0.25) is 0 Å². The zero-order valence-corrected chi connectivity index (χ0v) is 24.0. The monoisotopic (exact) mass is 554 g/mol. The number of benzene rings is 9. The molecule has 0 nitrogen and oxygen atoms in total. The topological polar surface area (TPSA) is 0 Å². The Kier molecular flexibility index (Phi) is 4.81. The van der Waals surface area contributed by atoms with E-state index in [9.17, 15) is 0 Å². The summed E-state index contributed by atoms with van der Waals surface area (Å²) in [6.45, 7) is 0. The lowest BCUT2D eigenvalue weighted by molar-refractivity contribution is 1.66. The van der Waals surface area contributed by atoms with Gasteiger partial charge >= 0.3 is 0 Å². The molecule has 202 valence electrons. The van der Waals surface area contributed by atoms with E-state index in [1.54, 1.807) is 0 Å². The first kappa shape index (κ1) is 23.8. The fourth-order valence-electron chi connectivity index (χ4n) is 7.86. The molecule has 9 aromatic rings. The van der Waals surface area contributed by atoms with Gasteiger partial charge < -0.3 is 0 Å².